The quantitative estimate of drug-likeness (QED) is 0.352. The van der Waals surface area contributed by atoms with Crippen LogP contribution in [0, 0.1) is 17.3 Å². The second-order valence-electron chi connectivity index (χ2n) is 8.15. The molecule has 0 radical (unpaired) electrons. The molecule has 0 aromatic carbocycles. The summed E-state index contributed by atoms with van der Waals surface area (Å²) in [6.07, 6.45) is 8.69. The largest absolute Gasteiger partial charge is 0.481 e. The third-order valence-electron chi connectivity index (χ3n) is 5.38. The minimum absolute atomic E-state index is 0.0175. The lowest BCUT2D eigenvalue weighted by molar-refractivity contribution is -0.137. The molecule has 0 bridgehead atoms. The van der Waals surface area contributed by atoms with Gasteiger partial charge in [0.2, 0.25) is 0 Å². The van der Waals surface area contributed by atoms with Gasteiger partial charge in [-0.2, -0.15) is 0 Å². The first-order valence-electron chi connectivity index (χ1n) is 10.5. The maximum atomic E-state index is 12.3. The van der Waals surface area contributed by atoms with Crippen LogP contribution >= 0.6 is 0 Å². The van der Waals surface area contributed by atoms with Gasteiger partial charge in [-0.25, -0.2) is 0 Å². The molecule has 0 unspecified atom stereocenters. The molecular formula is C22H36O5. The summed E-state index contributed by atoms with van der Waals surface area (Å²) >= 11 is 0. The molecule has 3 N–H and O–H groups in total. The van der Waals surface area contributed by atoms with Crippen molar-refractivity contribution in [1.82, 2.24) is 0 Å². The number of aliphatic hydroxyl groups is 2. The lowest BCUT2D eigenvalue weighted by Gasteiger charge is -2.29. The number of aliphatic hydroxyl groups excluding tert-OH is 1. The van der Waals surface area contributed by atoms with E-state index in [-0.39, 0.29) is 24.5 Å². The number of hydrogen-bond donors (Lipinski definition) is 3. The first-order valence-corrected chi connectivity index (χ1v) is 10.0. The van der Waals surface area contributed by atoms with Crippen molar-refractivity contribution < 1.29 is 26.3 Å². The highest BCUT2D eigenvalue weighted by Crippen LogP contribution is 2.35. The molecule has 1 aliphatic carbocycles. The zero-order valence-corrected chi connectivity index (χ0v) is 16.9. The molecule has 0 aromatic heterocycles. The Labute approximate surface area is 164 Å². The van der Waals surface area contributed by atoms with E-state index in [4.69, 9.17) is 6.48 Å². The fraction of sp³-hybridized carbons (Fsp3) is 0.727. The van der Waals surface area contributed by atoms with Crippen LogP contribution in [0.2, 0.25) is 0 Å². The highest BCUT2D eigenvalue weighted by atomic mass is 16.4. The Morgan fingerprint density at radius 3 is 2.70 bits per heavy atom. The van der Waals surface area contributed by atoms with E-state index >= 15 is 0 Å². The van der Waals surface area contributed by atoms with E-state index in [1.165, 1.54) is 6.08 Å². The molecular weight excluding hydrogens is 344 g/mol. The van der Waals surface area contributed by atoms with Crippen molar-refractivity contribution in [3.63, 3.8) is 0 Å². The van der Waals surface area contributed by atoms with Crippen LogP contribution in [0.15, 0.2) is 24.3 Å². The summed E-state index contributed by atoms with van der Waals surface area (Å²) in [4.78, 5) is 22.8. The highest BCUT2D eigenvalue weighted by molar-refractivity contribution is 5.84. The van der Waals surface area contributed by atoms with Crippen molar-refractivity contribution in [1.29, 1.82) is 0 Å². The summed E-state index contributed by atoms with van der Waals surface area (Å²) in [7, 11) is 0. The number of ketones is 1. The minimum atomic E-state index is -1.77. The number of unbranched alkanes of at least 4 members (excludes halogenated alkanes) is 2. The smallest absolute Gasteiger partial charge is 0.303 e. The average Bonchev–Trinajstić information content (AvgIpc) is 2.87. The van der Waals surface area contributed by atoms with Gasteiger partial charge in [0.05, 0.1) is 13.6 Å². The van der Waals surface area contributed by atoms with E-state index < -0.39 is 29.5 Å². The van der Waals surface area contributed by atoms with Crippen LogP contribution in [-0.4, -0.2) is 39.3 Å². The summed E-state index contributed by atoms with van der Waals surface area (Å²) < 4.78 is 8.34. The van der Waals surface area contributed by atoms with Crippen LogP contribution in [0.25, 0.3) is 0 Å². The molecule has 5 heteroatoms. The third-order valence-corrected chi connectivity index (χ3v) is 5.38. The standard InChI is InChI=1S/C22H36O5/c1-4-5-14-22(2,3)20(25)13-12-17-16(18(23)15-19(17)24)10-8-6-7-9-11-21(26)27/h6,8,12-13,16-17,19-20,24-25H,4-5,7,9-11,14-15H2,1-3H3,(H,26,27)/b8-6-,13-12+/t16-,17-,19-,20-/m1/s1/i20D. The van der Waals surface area contributed by atoms with Crippen molar-refractivity contribution in [2.75, 3.05) is 0 Å². The number of hydrogen-bond acceptors (Lipinski definition) is 4. The fourth-order valence-electron chi connectivity index (χ4n) is 3.43. The normalized spacial score (nSPS) is 26.6. The van der Waals surface area contributed by atoms with Gasteiger partial charge in [0.15, 0.2) is 0 Å². The van der Waals surface area contributed by atoms with Gasteiger partial charge >= 0.3 is 5.97 Å². The Morgan fingerprint density at radius 2 is 2.07 bits per heavy atom. The van der Waals surface area contributed by atoms with Crippen molar-refractivity contribution in [3.8, 4) is 0 Å². The van der Waals surface area contributed by atoms with E-state index in [2.05, 4.69) is 6.92 Å². The van der Waals surface area contributed by atoms with Crippen LogP contribution in [-0.2, 0) is 9.59 Å². The molecule has 0 amide bonds. The topological polar surface area (TPSA) is 94.8 Å². The molecule has 0 saturated heterocycles. The van der Waals surface area contributed by atoms with Gasteiger partial charge in [-0.1, -0.05) is 57.9 Å². The predicted molar refractivity (Wildman–Crippen MR) is 106 cm³/mol. The number of allylic oxidation sites excluding steroid dienone is 2. The lowest BCUT2D eigenvalue weighted by atomic mass is 9.80. The van der Waals surface area contributed by atoms with Crippen molar-refractivity contribution >= 4 is 11.8 Å². The second kappa shape index (κ2) is 11.4. The van der Waals surface area contributed by atoms with E-state index in [0.29, 0.717) is 25.7 Å². The summed E-state index contributed by atoms with van der Waals surface area (Å²) in [5.41, 5.74) is -0.632. The SMILES string of the molecule is [2H][C@@](O)(/C=C/[C@H]1[C@H](O)CC(=O)[C@@H]1C/C=C\CCCC(=O)O)C(C)(C)CCCC. The molecule has 1 saturated carbocycles. The zero-order chi connectivity index (χ0) is 21.4. The molecule has 27 heavy (non-hydrogen) atoms. The summed E-state index contributed by atoms with van der Waals surface area (Å²) in [5, 5.41) is 29.5. The minimum Gasteiger partial charge on any atom is -0.481 e. The van der Waals surface area contributed by atoms with Gasteiger partial charge in [-0.05, 0) is 31.1 Å². The molecule has 1 fully saturated rings. The van der Waals surface area contributed by atoms with Crippen molar-refractivity contribution in [2.45, 2.75) is 84.3 Å². The predicted octanol–water partition coefficient (Wildman–Crippen LogP) is 3.89. The van der Waals surface area contributed by atoms with Crippen LogP contribution in [0.5, 0.6) is 0 Å². The zero-order valence-electron chi connectivity index (χ0n) is 17.9. The summed E-state index contributed by atoms with van der Waals surface area (Å²) in [5.74, 6) is -1.64. The number of aliphatic carboxylic acids is 1. The Morgan fingerprint density at radius 1 is 1.37 bits per heavy atom. The van der Waals surface area contributed by atoms with E-state index in [9.17, 15) is 19.8 Å². The molecule has 0 heterocycles. The molecule has 0 spiro atoms. The van der Waals surface area contributed by atoms with Crippen LogP contribution in [0.4, 0.5) is 0 Å². The van der Waals surface area contributed by atoms with Crippen LogP contribution < -0.4 is 0 Å². The van der Waals surface area contributed by atoms with Gasteiger partial charge in [0, 0.05) is 24.7 Å². The lowest BCUT2D eigenvalue weighted by Crippen LogP contribution is -2.28. The Kier molecular flexibility index (Phi) is 9.22. The third kappa shape index (κ3) is 7.97. The molecule has 0 aromatic rings. The number of rotatable bonds is 12. The molecule has 154 valence electrons. The average molecular weight is 382 g/mol. The van der Waals surface area contributed by atoms with Crippen molar-refractivity contribution in [3.05, 3.63) is 24.3 Å². The molecule has 0 aliphatic heterocycles. The van der Waals surface area contributed by atoms with Gasteiger partial charge < -0.3 is 15.3 Å². The monoisotopic (exact) mass is 381 g/mol. The van der Waals surface area contributed by atoms with E-state index in [1.54, 1.807) is 6.08 Å². The summed E-state index contributed by atoms with van der Waals surface area (Å²) in [6, 6.07) is 0. The molecule has 1 rings (SSSR count). The number of carbonyl (C=O) groups excluding carboxylic acids is 1. The fourth-order valence-corrected chi connectivity index (χ4v) is 3.43. The number of Topliss-reactive ketones (excluding diaryl/α,β-unsaturated/α-hetero) is 1. The van der Waals surface area contributed by atoms with Crippen LogP contribution in [0.1, 0.15) is 73.5 Å². The Hall–Kier alpha value is -1.46. The van der Waals surface area contributed by atoms with E-state index in [0.717, 1.165) is 12.8 Å². The van der Waals surface area contributed by atoms with Gasteiger partial charge in [-0.3, -0.25) is 9.59 Å². The molecule has 5 nitrogen and oxygen atoms in total. The Bertz CT molecular complexity index is 579. The number of carboxylic acid groups (broad SMARTS) is 1. The van der Waals surface area contributed by atoms with Crippen molar-refractivity contribution in [2.24, 2.45) is 17.3 Å². The first-order chi connectivity index (χ1) is 13.0. The second-order valence-corrected chi connectivity index (χ2v) is 8.15. The molecule has 1 aliphatic rings. The molecule has 4 atom stereocenters. The first kappa shape index (κ1) is 21.8. The number of carbonyl (C=O) groups is 2. The van der Waals surface area contributed by atoms with Gasteiger partial charge in [0.1, 0.15) is 5.78 Å². The number of carboxylic acids is 1. The van der Waals surface area contributed by atoms with E-state index in [1.807, 2.05) is 26.0 Å². The Balaban J connectivity index is 2.74. The van der Waals surface area contributed by atoms with Gasteiger partial charge in [-0.15, -0.1) is 0 Å². The van der Waals surface area contributed by atoms with Crippen LogP contribution in [0.3, 0.4) is 0 Å². The maximum Gasteiger partial charge on any atom is 0.303 e. The highest BCUT2D eigenvalue weighted by Gasteiger charge is 2.39. The maximum absolute atomic E-state index is 12.3. The van der Waals surface area contributed by atoms with Gasteiger partial charge in [0.25, 0.3) is 0 Å². The summed E-state index contributed by atoms with van der Waals surface area (Å²) in [6.45, 7) is 5.77.